The van der Waals surface area contributed by atoms with Crippen molar-refractivity contribution in [2.75, 3.05) is 80.5 Å². The van der Waals surface area contributed by atoms with E-state index in [1.807, 2.05) is 62.0 Å². The average Bonchev–Trinajstić information content (AvgIpc) is 3.54. The number of likely N-dealkylation sites (N-methyl/N-ethyl adjacent to an activating group) is 4. The maximum atomic E-state index is 11.0. The van der Waals surface area contributed by atoms with Crippen molar-refractivity contribution in [3.05, 3.63) is 23.4 Å². The fourth-order valence-corrected chi connectivity index (χ4v) is 4.22. The van der Waals surface area contributed by atoms with Crippen LogP contribution in [-0.4, -0.2) is 123 Å². The largest absolute Gasteiger partial charge is 0.404 e. The zero-order valence-corrected chi connectivity index (χ0v) is 22.6. The van der Waals surface area contributed by atoms with E-state index in [9.17, 15) is 19.2 Å². The summed E-state index contributed by atoms with van der Waals surface area (Å²) in [7, 11) is 7.69. The van der Waals surface area contributed by atoms with E-state index in [1.54, 1.807) is 0 Å². The molecule has 4 saturated heterocycles. The Bertz CT molecular complexity index is 869. The van der Waals surface area contributed by atoms with E-state index < -0.39 is 0 Å². The first kappa shape index (κ1) is 31.3. The Morgan fingerprint density at radius 1 is 0.806 bits per heavy atom. The van der Waals surface area contributed by atoms with Gasteiger partial charge in [0.2, 0.25) is 0 Å². The van der Waals surface area contributed by atoms with Crippen LogP contribution in [-0.2, 0) is 19.2 Å². The summed E-state index contributed by atoms with van der Waals surface area (Å²) in [5.74, 6) is 0.866. The molecule has 0 aromatic rings. The molecule has 4 aliphatic heterocycles. The molecule has 10 heteroatoms. The van der Waals surface area contributed by atoms with Gasteiger partial charge in [-0.05, 0) is 41.5 Å². The highest BCUT2D eigenvalue weighted by Gasteiger charge is 2.28. The first-order valence-corrected chi connectivity index (χ1v) is 12.3. The quantitative estimate of drug-likeness (QED) is 0.487. The monoisotopic (exact) mass is 502 g/mol. The molecule has 0 radical (unpaired) electrons. The molecule has 10 nitrogen and oxygen atoms in total. The van der Waals surface area contributed by atoms with Gasteiger partial charge in [0.15, 0.2) is 23.1 Å². The molecule has 4 heterocycles. The molecule has 4 aliphatic rings. The van der Waals surface area contributed by atoms with Crippen LogP contribution in [0.4, 0.5) is 0 Å². The van der Waals surface area contributed by atoms with Gasteiger partial charge in [0.1, 0.15) is 5.92 Å². The molecule has 0 aromatic heterocycles. The van der Waals surface area contributed by atoms with Gasteiger partial charge >= 0.3 is 0 Å². The van der Waals surface area contributed by atoms with Gasteiger partial charge in [0.05, 0.1) is 32.2 Å². The Kier molecular flexibility index (Phi) is 13.4. The zero-order chi connectivity index (χ0) is 27.4. The van der Waals surface area contributed by atoms with Gasteiger partial charge in [-0.2, -0.15) is 5.26 Å². The molecule has 36 heavy (non-hydrogen) atoms. The first-order valence-electron chi connectivity index (χ1n) is 12.3. The van der Waals surface area contributed by atoms with Gasteiger partial charge in [-0.1, -0.05) is 13.0 Å². The number of nitriles is 1. The summed E-state index contributed by atoms with van der Waals surface area (Å²) in [6.45, 7) is 9.31. The minimum atomic E-state index is -0.366. The number of Topliss-reactive ketones (excluding diaryl/α,β-unsaturated/α-hetero) is 4. The Balaban J connectivity index is 0.000000240. The molecule has 0 spiro atoms. The standard InChI is InChI=1S/C7H13NO.C7H11NO.C6H10N2O.C6H8N2O/c2*1-3-6-4-8(2)5-7(6)9;2*1-8-3-5(2-7)6(9)4-8/h6H,3-5H2,1-2H3;3H,4-5H2,1-2H3;2H,3-4,7H2,1H3;5H,3-4H2,1H3/b;6-3+;5-2+;. The Morgan fingerprint density at radius 3 is 1.50 bits per heavy atom. The molecule has 0 saturated carbocycles. The van der Waals surface area contributed by atoms with Gasteiger partial charge < -0.3 is 5.73 Å². The third-order valence-corrected chi connectivity index (χ3v) is 6.34. The third kappa shape index (κ3) is 10.1. The lowest BCUT2D eigenvalue weighted by Gasteiger charge is -2.04. The number of carbonyl (C=O) groups excluding carboxylic acids is 4. The molecule has 0 bridgehead atoms. The number of hydrogen-bond donors (Lipinski definition) is 1. The smallest absolute Gasteiger partial charge is 0.175 e. The predicted octanol–water partition coefficient (Wildman–Crippen LogP) is -0.0415. The molecule has 0 amide bonds. The Hall–Kier alpha value is -2.71. The minimum absolute atomic E-state index is 0.0556. The topological polar surface area (TPSA) is 131 Å². The normalized spacial score (nSPS) is 27.5. The lowest BCUT2D eigenvalue weighted by Crippen LogP contribution is -2.13. The van der Waals surface area contributed by atoms with Gasteiger partial charge in [-0.15, -0.1) is 0 Å². The van der Waals surface area contributed by atoms with E-state index in [4.69, 9.17) is 11.0 Å². The summed E-state index contributed by atoms with van der Waals surface area (Å²) >= 11 is 0. The number of ketones is 4. The molecule has 4 fully saturated rings. The summed E-state index contributed by atoms with van der Waals surface area (Å²) in [4.78, 5) is 51.3. The number of hydrogen-bond acceptors (Lipinski definition) is 10. The van der Waals surface area contributed by atoms with Crippen LogP contribution in [0.15, 0.2) is 23.4 Å². The van der Waals surface area contributed by atoms with E-state index in [0.29, 0.717) is 51.0 Å². The van der Waals surface area contributed by atoms with Crippen LogP contribution in [0.5, 0.6) is 0 Å². The molecular weight excluding hydrogens is 460 g/mol. The second-order valence-corrected chi connectivity index (χ2v) is 9.81. The fraction of sp³-hybridized carbons (Fsp3) is 0.654. The summed E-state index contributed by atoms with van der Waals surface area (Å²) in [5, 5.41) is 8.36. The van der Waals surface area contributed by atoms with Gasteiger partial charge in [0.25, 0.3) is 0 Å². The van der Waals surface area contributed by atoms with Crippen molar-refractivity contribution < 1.29 is 19.2 Å². The molecule has 2 N–H and O–H groups in total. The molecule has 0 aliphatic carbocycles. The van der Waals surface area contributed by atoms with Crippen LogP contribution in [0, 0.1) is 23.2 Å². The van der Waals surface area contributed by atoms with Crippen molar-refractivity contribution in [1.82, 2.24) is 19.6 Å². The van der Waals surface area contributed by atoms with Crippen molar-refractivity contribution in [3.63, 3.8) is 0 Å². The molecule has 2 unspecified atom stereocenters. The molecule has 4 rings (SSSR count). The van der Waals surface area contributed by atoms with Crippen LogP contribution in [0.25, 0.3) is 0 Å². The maximum Gasteiger partial charge on any atom is 0.175 e. The zero-order valence-electron chi connectivity index (χ0n) is 22.6. The van der Waals surface area contributed by atoms with Crippen molar-refractivity contribution in [2.24, 2.45) is 17.6 Å². The molecule has 2 atom stereocenters. The molecule has 0 aromatic carbocycles. The van der Waals surface area contributed by atoms with E-state index in [1.165, 1.54) is 6.20 Å². The maximum absolute atomic E-state index is 11.0. The van der Waals surface area contributed by atoms with E-state index >= 15 is 0 Å². The van der Waals surface area contributed by atoms with Crippen molar-refractivity contribution >= 4 is 23.1 Å². The average molecular weight is 503 g/mol. The predicted molar refractivity (Wildman–Crippen MR) is 139 cm³/mol. The van der Waals surface area contributed by atoms with Crippen LogP contribution in [0.3, 0.4) is 0 Å². The first-order chi connectivity index (χ1) is 16.9. The highest BCUT2D eigenvalue weighted by Crippen LogP contribution is 2.13. The van der Waals surface area contributed by atoms with E-state index in [0.717, 1.165) is 30.7 Å². The lowest BCUT2D eigenvalue weighted by molar-refractivity contribution is -0.120. The Morgan fingerprint density at radius 2 is 1.31 bits per heavy atom. The van der Waals surface area contributed by atoms with E-state index in [-0.39, 0.29) is 23.3 Å². The van der Waals surface area contributed by atoms with Gasteiger partial charge in [-0.3, -0.25) is 38.8 Å². The summed E-state index contributed by atoms with van der Waals surface area (Å²) in [5.41, 5.74) is 6.87. The second kappa shape index (κ2) is 15.4. The molecular formula is C26H42N6O4. The van der Waals surface area contributed by atoms with Crippen molar-refractivity contribution in [2.45, 2.75) is 20.3 Å². The summed E-state index contributed by atoms with van der Waals surface area (Å²) in [6.07, 6.45) is 4.29. The Labute approximate surface area is 215 Å². The number of rotatable bonds is 1. The third-order valence-electron chi connectivity index (χ3n) is 6.34. The van der Waals surface area contributed by atoms with Crippen molar-refractivity contribution in [1.29, 1.82) is 5.26 Å². The second-order valence-electron chi connectivity index (χ2n) is 9.81. The SMILES string of the molecule is C/C=C1\CN(C)CC1=O.CCC1CN(C)CC1=O.CN1CC(=O)/C(=C/N)C1.CN1CC(=O)C(C#N)C1. The van der Waals surface area contributed by atoms with Crippen LogP contribution in [0.1, 0.15) is 20.3 Å². The number of likely N-dealkylation sites (tertiary alicyclic amines) is 4. The number of nitrogens with zero attached hydrogens (tertiary/aromatic N) is 5. The van der Waals surface area contributed by atoms with Crippen LogP contribution in [0.2, 0.25) is 0 Å². The summed E-state index contributed by atoms with van der Waals surface area (Å²) < 4.78 is 0. The number of carbonyl (C=O) groups is 4. The highest BCUT2D eigenvalue weighted by atomic mass is 16.1. The summed E-state index contributed by atoms with van der Waals surface area (Å²) in [6, 6.07) is 1.95. The van der Waals surface area contributed by atoms with Crippen molar-refractivity contribution in [3.8, 4) is 6.07 Å². The van der Waals surface area contributed by atoms with Crippen LogP contribution < -0.4 is 5.73 Å². The fourth-order valence-electron chi connectivity index (χ4n) is 4.22. The lowest BCUT2D eigenvalue weighted by atomic mass is 10.1. The highest BCUT2D eigenvalue weighted by molar-refractivity contribution is 5.99. The van der Waals surface area contributed by atoms with Gasteiger partial charge in [0, 0.05) is 49.4 Å². The minimum Gasteiger partial charge on any atom is -0.404 e. The number of allylic oxidation sites excluding steroid dienone is 1. The van der Waals surface area contributed by atoms with E-state index in [2.05, 4.69) is 11.8 Å². The molecule has 200 valence electrons. The number of nitrogens with two attached hydrogens (primary N) is 1. The van der Waals surface area contributed by atoms with Crippen LogP contribution >= 0.6 is 0 Å². The van der Waals surface area contributed by atoms with Gasteiger partial charge in [-0.25, -0.2) is 0 Å².